The Hall–Kier alpha value is -3.94. The van der Waals surface area contributed by atoms with Crippen LogP contribution in [0.2, 0.25) is 0 Å². The summed E-state index contributed by atoms with van der Waals surface area (Å²) in [5.41, 5.74) is 0.382. The lowest BCUT2D eigenvalue weighted by Crippen LogP contribution is -2.64. The molecule has 2 saturated heterocycles. The Labute approximate surface area is 233 Å². The van der Waals surface area contributed by atoms with Gasteiger partial charge in [-0.15, -0.1) is 0 Å². The van der Waals surface area contributed by atoms with Gasteiger partial charge in [0, 0.05) is 25.8 Å². The number of hydrogen-bond donors (Lipinski definition) is 0. The molecule has 5 rings (SSSR count). The largest absolute Gasteiger partial charge is 0.444 e. The summed E-state index contributed by atoms with van der Waals surface area (Å²) < 4.78 is 20.4. The number of piperidine rings is 1. The molecule has 0 N–H and O–H groups in total. The maximum atomic E-state index is 13.4. The molecule has 2 aliphatic heterocycles. The van der Waals surface area contributed by atoms with E-state index in [0.717, 1.165) is 24.6 Å². The number of hydrogen-bond acceptors (Lipinski definition) is 8. The van der Waals surface area contributed by atoms with Crippen molar-refractivity contribution in [2.24, 2.45) is 5.92 Å². The van der Waals surface area contributed by atoms with Crippen molar-refractivity contribution in [3.05, 3.63) is 53.5 Å². The fraction of sp³-hybridized carbons (Fsp3) is 0.552. The summed E-state index contributed by atoms with van der Waals surface area (Å²) in [5, 5.41) is 3.95. The monoisotopic (exact) mass is 550 g/mol. The van der Waals surface area contributed by atoms with E-state index >= 15 is 0 Å². The molecule has 1 saturated carbocycles. The predicted molar refractivity (Wildman–Crippen MR) is 144 cm³/mol. The zero-order valence-corrected chi connectivity index (χ0v) is 23.4. The van der Waals surface area contributed by atoms with Crippen molar-refractivity contribution in [1.29, 1.82) is 0 Å². The Bertz CT molecular complexity index is 1360. The highest BCUT2D eigenvalue weighted by atomic mass is 19.1. The van der Waals surface area contributed by atoms with Gasteiger partial charge in [-0.05, 0) is 70.9 Å². The van der Waals surface area contributed by atoms with E-state index in [1.54, 1.807) is 17.2 Å². The van der Waals surface area contributed by atoms with Crippen LogP contribution in [0.3, 0.4) is 0 Å². The number of carbonyl (C=O) groups excluding carboxylic acids is 3. The summed E-state index contributed by atoms with van der Waals surface area (Å²) in [4.78, 5) is 48.0. The molecule has 0 unspecified atom stereocenters. The maximum Gasteiger partial charge on any atom is 0.410 e. The molecular weight excluding hydrogens is 515 g/mol. The van der Waals surface area contributed by atoms with Gasteiger partial charge in [-0.25, -0.2) is 28.4 Å². The molecule has 1 aliphatic carbocycles. The molecule has 10 nitrogen and oxygen atoms in total. The highest BCUT2D eigenvalue weighted by Gasteiger charge is 2.53. The average molecular weight is 551 g/mol. The fourth-order valence-corrected chi connectivity index (χ4v) is 5.67. The van der Waals surface area contributed by atoms with Crippen molar-refractivity contribution in [3.8, 4) is 5.82 Å². The van der Waals surface area contributed by atoms with E-state index in [0.29, 0.717) is 55.6 Å². The first-order valence-electron chi connectivity index (χ1n) is 13.7. The topological polar surface area (TPSA) is 101 Å². The van der Waals surface area contributed by atoms with Crippen molar-refractivity contribution < 1.29 is 23.5 Å². The second-order valence-corrected chi connectivity index (χ2v) is 11.9. The predicted octanol–water partition coefficient (Wildman–Crippen LogP) is 3.70. The van der Waals surface area contributed by atoms with Crippen LogP contribution in [0.4, 0.5) is 9.18 Å². The van der Waals surface area contributed by atoms with E-state index in [2.05, 4.69) is 26.9 Å². The normalized spacial score (nSPS) is 19.9. The number of halogens is 1. The standard InChI is InChI=1S/C29H35FN6O4/c1-20(22-7-8-26(31-13-22)36-16-23(30)14-32-36)34-17-24(18-37)35(15-21-5-6-21)29(25(34)19-38)9-11-33(12-10-29)27(39)40-28(2,3)4/h7-8,13-14,16,20-21H,5-6,9-12,15,17H2,1-4H3/t20-/m0/s1. The summed E-state index contributed by atoms with van der Waals surface area (Å²) in [6.07, 6.45) is 6.72. The van der Waals surface area contributed by atoms with E-state index in [-0.39, 0.29) is 18.7 Å². The Balaban J connectivity index is 1.44. The second kappa shape index (κ2) is 10.6. The molecule has 4 heterocycles. The number of piperazine rings is 1. The van der Waals surface area contributed by atoms with Gasteiger partial charge in [-0.2, -0.15) is 5.10 Å². The number of likely N-dealkylation sites (tertiary alicyclic amines) is 1. The van der Waals surface area contributed by atoms with E-state index in [1.807, 2.05) is 38.7 Å². The first-order chi connectivity index (χ1) is 19.0. The number of pyridine rings is 1. The molecule has 212 valence electrons. The van der Waals surface area contributed by atoms with Crippen LogP contribution in [-0.4, -0.2) is 84.8 Å². The van der Waals surface area contributed by atoms with Crippen LogP contribution in [0.1, 0.15) is 65.0 Å². The quantitative estimate of drug-likeness (QED) is 0.520. The zero-order valence-electron chi connectivity index (χ0n) is 23.4. The van der Waals surface area contributed by atoms with Gasteiger partial charge in [0.25, 0.3) is 0 Å². The first-order valence-corrected chi connectivity index (χ1v) is 13.7. The van der Waals surface area contributed by atoms with Crippen LogP contribution >= 0.6 is 0 Å². The van der Waals surface area contributed by atoms with Gasteiger partial charge in [0.15, 0.2) is 11.6 Å². The summed E-state index contributed by atoms with van der Waals surface area (Å²) in [7, 11) is 0. The minimum Gasteiger partial charge on any atom is -0.444 e. The van der Waals surface area contributed by atoms with Crippen molar-refractivity contribution in [2.45, 2.75) is 70.6 Å². The number of aromatic nitrogens is 3. The molecule has 0 bridgehead atoms. The van der Waals surface area contributed by atoms with E-state index in [9.17, 15) is 18.8 Å². The van der Waals surface area contributed by atoms with Gasteiger partial charge in [0.05, 0.1) is 30.5 Å². The van der Waals surface area contributed by atoms with E-state index < -0.39 is 17.0 Å². The number of carbonyl (C=O) groups is 1. The van der Waals surface area contributed by atoms with Crippen LogP contribution < -0.4 is 0 Å². The third-order valence-corrected chi connectivity index (χ3v) is 7.99. The van der Waals surface area contributed by atoms with Crippen molar-refractivity contribution in [2.75, 3.05) is 26.2 Å². The molecule has 40 heavy (non-hydrogen) atoms. The molecule has 1 amide bonds. The van der Waals surface area contributed by atoms with Gasteiger partial charge in [0.1, 0.15) is 28.9 Å². The van der Waals surface area contributed by atoms with Crippen LogP contribution in [0.5, 0.6) is 0 Å². The minimum absolute atomic E-state index is 0.214. The Morgan fingerprint density at radius 2 is 1.90 bits per heavy atom. The minimum atomic E-state index is -0.790. The van der Waals surface area contributed by atoms with Crippen molar-refractivity contribution >= 4 is 18.0 Å². The average Bonchev–Trinajstić information content (AvgIpc) is 3.65. The molecule has 11 heteroatoms. The lowest BCUT2D eigenvalue weighted by Gasteiger charge is -2.56. The molecule has 2 aromatic rings. The Kier molecular flexibility index (Phi) is 7.29. The van der Waals surface area contributed by atoms with Gasteiger partial charge in [-0.3, -0.25) is 0 Å². The van der Waals surface area contributed by atoms with Crippen LogP contribution in [-0.2, 0) is 14.3 Å². The van der Waals surface area contributed by atoms with Crippen LogP contribution in [0, 0.1) is 11.7 Å². The molecule has 2 aromatic heterocycles. The summed E-state index contributed by atoms with van der Waals surface area (Å²) in [5.74, 6) is 4.89. The van der Waals surface area contributed by atoms with E-state index in [1.165, 1.54) is 10.9 Å². The zero-order chi connectivity index (χ0) is 28.7. The number of rotatable bonds is 5. The third kappa shape index (κ3) is 5.40. The number of amides is 1. The van der Waals surface area contributed by atoms with Gasteiger partial charge in [0.2, 0.25) is 0 Å². The van der Waals surface area contributed by atoms with Crippen LogP contribution in [0.15, 0.2) is 42.1 Å². The molecule has 1 spiro atoms. The Morgan fingerprint density at radius 3 is 2.42 bits per heavy atom. The fourth-order valence-electron chi connectivity index (χ4n) is 5.67. The maximum absolute atomic E-state index is 13.4. The molecular formula is C29H35FN6O4. The highest BCUT2D eigenvalue weighted by Crippen LogP contribution is 2.47. The third-order valence-electron chi connectivity index (χ3n) is 7.99. The molecule has 0 aromatic carbocycles. The lowest BCUT2D eigenvalue weighted by atomic mass is 9.79. The number of ether oxygens (including phenoxy) is 1. The summed E-state index contributed by atoms with van der Waals surface area (Å²) in [6.45, 7) is 9.08. The smallest absolute Gasteiger partial charge is 0.410 e. The van der Waals surface area contributed by atoms with Crippen molar-refractivity contribution in [1.82, 2.24) is 29.5 Å². The molecule has 3 fully saturated rings. The van der Waals surface area contributed by atoms with Crippen LogP contribution in [0.25, 0.3) is 5.82 Å². The van der Waals surface area contributed by atoms with Crippen molar-refractivity contribution in [3.63, 3.8) is 0 Å². The molecule has 3 aliphatic rings. The van der Waals surface area contributed by atoms with Gasteiger partial charge in [-0.1, -0.05) is 6.07 Å². The summed E-state index contributed by atoms with van der Waals surface area (Å²) in [6, 6.07) is 3.27. The molecule has 0 radical (unpaired) electrons. The Morgan fingerprint density at radius 1 is 1.18 bits per heavy atom. The van der Waals surface area contributed by atoms with Gasteiger partial charge < -0.3 is 19.4 Å². The second-order valence-electron chi connectivity index (χ2n) is 11.9. The van der Waals surface area contributed by atoms with Gasteiger partial charge >= 0.3 is 6.09 Å². The molecule has 1 atom stereocenters. The first kappa shape index (κ1) is 27.6. The van der Waals surface area contributed by atoms with E-state index in [4.69, 9.17) is 4.74 Å². The number of nitrogens with zero attached hydrogens (tertiary/aromatic N) is 6. The SMILES string of the molecule is C[C@@H](c1ccc(-n2cc(F)cn2)nc1)N1CC(=C=O)N(CC2CC2)C2(CCN(C(=O)OC(C)(C)C)CC2)C1=C=O. The summed E-state index contributed by atoms with van der Waals surface area (Å²) >= 11 is 0. The highest BCUT2D eigenvalue weighted by molar-refractivity contribution is 5.69. The lowest BCUT2D eigenvalue weighted by molar-refractivity contribution is -0.00902.